The van der Waals surface area contributed by atoms with Crippen LogP contribution in [-0.4, -0.2) is 23.1 Å². The highest BCUT2D eigenvalue weighted by atomic mass is 16.5. The zero-order chi connectivity index (χ0) is 10.4. The van der Waals surface area contributed by atoms with Gasteiger partial charge in [0.15, 0.2) is 0 Å². The van der Waals surface area contributed by atoms with Crippen molar-refractivity contribution in [3.8, 4) is 0 Å². The highest BCUT2D eigenvalue weighted by Crippen LogP contribution is 2.02. The maximum Gasteiger partial charge on any atom is 0.334 e. The topological polar surface area (TPSA) is 63.6 Å². The van der Waals surface area contributed by atoms with Gasteiger partial charge >= 0.3 is 11.9 Å². The summed E-state index contributed by atoms with van der Waals surface area (Å²) in [4.78, 5) is 21.3. The Hall–Kier alpha value is -1.32. The van der Waals surface area contributed by atoms with Crippen LogP contribution in [0.2, 0.25) is 0 Å². The van der Waals surface area contributed by atoms with E-state index in [1.165, 1.54) is 6.92 Å². The van der Waals surface area contributed by atoms with Gasteiger partial charge in [-0.15, -0.1) is 0 Å². The quantitative estimate of drug-likeness (QED) is 0.531. The molecule has 0 aromatic carbocycles. The molecule has 1 atom stereocenters. The fraction of sp³-hybridized carbons (Fsp3) is 0.556. The van der Waals surface area contributed by atoms with E-state index >= 15 is 0 Å². The van der Waals surface area contributed by atoms with Gasteiger partial charge < -0.3 is 9.84 Å². The van der Waals surface area contributed by atoms with Gasteiger partial charge in [0.1, 0.15) is 0 Å². The Kier molecular flexibility index (Phi) is 4.80. The number of esters is 1. The van der Waals surface area contributed by atoms with Crippen LogP contribution in [0.3, 0.4) is 0 Å². The maximum atomic E-state index is 11.1. The van der Waals surface area contributed by atoms with Crippen molar-refractivity contribution in [2.45, 2.75) is 33.3 Å². The third kappa shape index (κ3) is 5.00. The van der Waals surface area contributed by atoms with Crippen LogP contribution in [-0.2, 0) is 14.3 Å². The second kappa shape index (κ2) is 5.35. The third-order valence-corrected chi connectivity index (χ3v) is 1.55. The van der Waals surface area contributed by atoms with Crippen molar-refractivity contribution in [2.75, 3.05) is 0 Å². The van der Waals surface area contributed by atoms with Gasteiger partial charge in [-0.1, -0.05) is 6.92 Å². The summed E-state index contributed by atoms with van der Waals surface area (Å²) in [5.41, 5.74) is 0.104. The van der Waals surface area contributed by atoms with Crippen molar-refractivity contribution >= 4 is 11.9 Å². The molecule has 0 heterocycles. The van der Waals surface area contributed by atoms with Gasteiger partial charge in [-0.25, -0.2) is 9.59 Å². The fourth-order valence-corrected chi connectivity index (χ4v) is 0.603. The van der Waals surface area contributed by atoms with Crippen molar-refractivity contribution in [1.82, 2.24) is 0 Å². The predicted octanol–water partition coefficient (Wildman–Crippen LogP) is 1.36. The molecule has 0 aromatic rings. The summed E-state index contributed by atoms with van der Waals surface area (Å²) in [5, 5.41) is 8.34. The number of carboxylic acids is 1. The van der Waals surface area contributed by atoms with Crippen molar-refractivity contribution in [2.24, 2.45) is 0 Å². The summed E-state index contributed by atoms with van der Waals surface area (Å²) >= 11 is 0. The lowest BCUT2D eigenvalue weighted by molar-refractivity contribution is -0.144. The summed E-state index contributed by atoms with van der Waals surface area (Å²) in [7, 11) is 0. The van der Waals surface area contributed by atoms with E-state index in [1.807, 2.05) is 6.92 Å². The van der Waals surface area contributed by atoms with Gasteiger partial charge in [-0.3, -0.25) is 0 Å². The van der Waals surface area contributed by atoms with E-state index in [9.17, 15) is 9.59 Å². The minimum absolute atomic E-state index is 0.104. The molecule has 4 heteroatoms. The molecule has 0 saturated carbocycles. The summed E-state index contributed by atoms with van der Waals surface area (Å²) in [5.74, 6) is -1.71. The molecular weight excluding hydrogens is 172 g/mol. The Labute approximate surface area is 77.2 Å². The lowest BCUT2D eigenvalue weighted by Gasteiger charge is -2.10. The number of rotatable bonds is 4. The smallest absolute Gasteiger partial charge is 0.334 e. The first kappa shape index (κ1) is 11.7. The molecule has 0 rings (SSSR count). The molecule has 13 heavy (non-hydrogen) atoms. The highest BCUT2D eigenvalue weighted by molar-refractivity contribution is 5.95. The Balaban J connectivity index is 4.19. The van der Waals surface area contributed by atoms with E-state index in [0.717, 1.165) is 6.08 Å². The maximum absolute atomic E-state index is 11.1. The van der Waals surface area contributed by atoms with Gasteiger partial charge in [-0.2, -0.15) is 0 Å². The number of hydrogen-bond donors (Lipinski definition) is 1. The molecule has 1 N–H and O–H groups in total. The van der Waals surface area contributed by atoms with Gasteiger partial charge in [0.05, 0.1) is 6.10 Å². The number of carbonyl (C=O) groups excluding carboxylic acids is 1. The number of hydrogen-bond acceptors (Lipinski definition) is 3. The van der Waals surface area contributed by atoms with Crippen LogP contribution in [0.4, 0.5) is 0 Å². The normalized spacial score (nSPS) is 13.6. The summed E-state index contributed by atoms with van der Waals surface area (Å²) in [6, 6.07) is 0. The van der Waals surface area contributed by atoms with Gasteiger partial charge in [-0.05, 0) is 20.3 Å². The van der Waals surface area contributed by atoms with E-state index in [-0.39, 0.29) is 11.7 Å². The third-order valence-electron chi connectivity index (χ3n) is 1.55. The van der Waals surface area contributed by atoms with E-state index < -0.39 is 11.9 Å². The average molecular weight is 186 g/mol. The summed E-state index contributed by atoms with van der Waals surface area (Å²) in [6.07, 6.45) is 1.38. The molecular formula is C9H14O4. The monoisotopic (exact) mass is 186 g/mol. The van der Waals surface area contributed by atoms with Crippen molar-refractivity contribution in [3.05, 3.63) is 11.6 Å². The molecule has 0 fully saturated rings. The first-order valence-electron chi connectivity index (χ1n) is 4.09. The fourth-order valence-electron chi connectivity index (χ4n) is 0.603. The molecule has 0 aliphatic rings. The van der Waals surface area contributed by atoms with E-state index in [4.69, 9.17) is 9.84 Å². The molecule has 0 bridgehead atoms. The Morgan fingerprint density at radius 1 is 1.54 bits per heavy atom. The second-order valence-electron chi connectivity index (χ2n) is 2.79. The molecule has 74 valence electrons. The van der Waals surface area contributed by atoms with Crippen LogP contribution >= 0.6 is 0 Å². The molecule has 0 radical (unpaired) electrons. The molecule has 0 aliphatic heterocycles. The second-order valence-corrected chi connectivity index (χ2v) is 2.79. The molecule has 0 aromatic heterocycles. The Morgan fingerprint density at radius 2 is 2.08 bits per heavy atom. The van der Waals surface area contributed by atoms with Gasteiger partial charge in [0.25, 0.3) is 0 Å². The summed E-state index contributed by atoms with van der Waals surface area (Å²) in [6.45, 7) is 5.05. The highest BCUT2D eigenvalue weighted by Gasteiger charge is 2.10. The van der Waals surface area contributed by atoms with Crippen LogP contribution in [0, 0.1) is 0 Å². The van der Waals surface area contributed by atoms with Gasteiger partial charge in [0, 0.05) is 11.6 Å². The van der Waals surface area contributed by atoms with Crippen LogP contribution in [0.5, 0.6) is 0 Å². The van der Waals surface area contributed by atoms with E-state index in [2.05, 4.69) is 0 Å². The van der Waals surface area contributed by atoms with Crippen molar-refractivity contribution in [3.63, 3.8) is 0 Å². The lowest BCUT2D eigenvalue weighted by Crippen LogP contribution is -2.15. The van der Waals surface area contributed by atoms with Crippen molar-refractivity contribution < 1.29 is 19.4 Å². The minimum atomic E-state index is -1.14. The minimum Gasteiger partial charge on any atom is -0.478 e. The van der Waals surface area contributed by atoms with Crippen LogP contribution in [0.25, 0.3) is 0 Å². The largest absolute Gasteiger partial charge is 0.478 e. The molecule has 0 saturated heterocycles. The van der Waals surface area contributed by atoms with E-state index in [1.54, 1.807) is 6.92 Å². The predicted molar refractivity (Wildman–Crippen MR) is 47.2 cm³/mol. The molecule has 0 spiro atoms. The number of carbonyl (C=O) groups is 2. The Morgan fingerprint density at radius 3 is 2.46 bits per heavy atom. The zero-order valence-corrected chi connectivity index (χ0v) is 8.03. The van der Waals surface area contributed by atoms with Crippen LogP contribution in [0.1, 0.15) is 27.2 Å². The van der Waals surface area contributed by atoms with Gasteiger partial charge in [0.2, 0.25) is 0 Å². The zero-order valence-electron chi connectivity index (χ0n) is 8.03. The first-order chi connectivity index (χ1) is 5.97. The molecule has 0 aliphatic carbocycles. The number of aliphatic carboxylic acids is 1. The number of carboxylic acid groups (broad SMARTS) is 1. The van der Waals surface area contributed by atoms with Crippen LogP contribution in [0.15, 0.2) is 11.6 Å². The average Bonchev–Trinajstić information content (AvgIpc) is 2.02. The summed E-state index contributed by atoms with van der Waals surface area (Å²) < 4.78 is 4.89. The lowest BCUT2D eigenvalue weighted by atomic mass is 10.2. The molecule has 4 nitrogen and oxygen atoms in total. The van der Waals surface area contributed by atoms with E-state index in [0.29, 0.717) is 6.42 Å². The SMILES string of the molecule is CCC(C)OC(=O)/C(C)=C\C(=O)O. The molecule has 1 unspecified atom stereocenters. The first-order valence-corrected chi connectivity index (χ1v) is 4.09. The molecule has 0 amide bonds. The van der Waals surface area contributed by atoms with Crippen LogP contribution < -0.4 is 0 Å². The van der Waals surface area contributed by atoms with Crippen molar-refractivity contribution in [1.29, 1.82) is 0 Å². The standard InChI is InChI=1S/C9H14O4/c1-4-7(3)13-9(12)6(2)5-8(10)11/h5,7H,4H2,1-3H3,(H,10,11)/b6-5-. The number of ether oxygens (including phenoxy) is 1. The Bertz CT molecular complexity index is 230.